The van der Waals surface area contributed by atoms with Crippen LogP contribution < -0.4 is 15.8 Å². The third kappa shape index (κ3) is 3.79. The minimum Gasteiger partial charge on any atom is -0.374 e. The normalized spacial score (nSPS) is 17.4. The second-order valence-corrected chi connectivity index (χ2v) is 7.53. The van der Waals surface area contributed by atoms with Crippen LogP contribution in [0.1, 0.15) is 12.0 Å². The maximum atomic E-state index is 11.8. The molecular weight excluding hydrogens is 364 g/mol. The van der Waals surface area contributed by atoms with E-state index in [4.69, 9.17) is 4.74 Å². The summed E-state index contributed by atoms with van der Waals surface area (Å²) in [4.78, 5) is 22.7. The first-order chi connectivity index (χ1) is 13.1. The Morgan fingerprint density at radius 3 is 3.15 bits per heavy atom. The number of nitrogens with zero attached hydrogens (tertiary/aromatic N) is 5. The molecule has 8 nitrogen and oxygen atoms in total. The van der Waals surface area contributed by atoms with Crippen LogP contribution in [0.15, 0.2) is 28.8 Å². The van der Waals surface area contributed by atoms with E-state index >= 15 is 0 Å². The van der Waals surface area contributed by atoms with Crippen LogP contribution in [0.25, 0.3) is 10.2 Å². The van der Waals surface area contributed by atoms with Gasteiger partial charge in [0.25, 0.3) is 5.56 Å². The van der Waals surface area contributed by atoms with Crippen LogP contribution in [-0.2, 0) is 11.8 Å². The third-order valence-corrected chi connectivity index (χ3v) is 5.84. The molecule has 3 aromatic heterocycles. The molecule has 1 aliphatic rings. The topological polar surface area (TPSA) is 85.2 Å². The van der Waals surface area contributed by atoms with Crippen LogP contribution in [0.5, 0.6) is 0 Å². The van der Waals surface area contributed by atoms with Gasteiger partial charge in [0.15, 0.2) is 0 Å². The fraction of sp³-hybridized carbons (Fsp3) is 0.444. The summed E-state index contributed by atoms with van der Waals surface area (Å²) in [6, 6.07) is 1.63. The van der Waals surface area contributed by atoms with Crippen LogP contribution in [-0.4, -0.2) is 52.1 Å². The van der Waals surface area contributed by atoms with Crippen molar-refractivity contribution in [1.82, 2.24) is 19.7 Å². The van der Waals surface area contributed by atoms with Gasteiger partial charge in [0.05, 0.1) is 34.8 Å². The molecule has 0 unspecified atom stereocenters. The average Bonchev–Trinajstić information content (AvgIpc) is 3.06. The molecule has 0 bridgehead atoms. The summed E-state index contributed by atoms with van der Waals surface area (Å²) < 4.78 is 8.32. The fourth-order valence-corrected chi connectivity index (χ4v) is 4.18. The second kappa shape index (κ2) is 7.61. The molecular formula is C18H22N6O2S. The quantitative estimate of drug-likeness (QED) is 0.716. The summed E-state index contributed by atoms with van der Waals surface area (Å²) in [5.41, 5.74) is 2.94. The van der Waals surface area contributed by atoms with Gasteiger partial charge in [0, 0.05) is 32.7 Å². The number of fused-ring (bicyclic) bond motifs is 1. The molecule has 0 aliphatic carbocycles. The summed E-state index contributed by atoms with van der Waals surface area (Å²) in [5, 5.41) is 9.62. The maximum Gasteiger partial charge on any atom is 0.268 e. The molecule has 1 saturated heterocycles. The SMILES string of the molecule is Cc1csc2c(NCC[C@@H]3CN(c4cnn(C)c(=O)c4)CCO3)ncnc12. The van der Waals surface area contributed by atoms with E-state index in [1.165, 1.54) is 10.2 Å². The molecule has 0 saturated carbocycles. The maximum absolute atomic E-state index is 11.8. The first kappa shape index (κ1) is 17.9. The van der Waals surface area contributed by atoms with E-state index < -0.39 is 0 Å². The summed E-state index contributed by atoms with van der Waals surface area (Å²) in [6.07, 6.45) is 4.29. The van der Waals surface area contributed by atoms with Crippen molar-refractivity contribution in [2.75, 3.05) is 36.5 Å². The number of thiophene rings is 1. The molecule has 9 heteroatoms. The Kier molecular flexibility index (Phi) is 5.04. The molecule has 1 N–H and O–H groups in total. The molecule has 4 heterocycles. The summed E-state index contributed by atoms with van der Waals surface area (Å²) in [5.74, 6) is 0.876. The molecule has 3 aromatic rings. The largest absolute Gasteiger partial charge is 0.374 e. The highest BCUT2D eigenvalue weighted by molar-refractivity contribution is 7.18. The highest BCUT2D eigenvalue weighted by Gasteiger charge is 2.21. The zero-order valence-electron chi connectivity index (χ0n) is 15.4. The molecule has 0 radical (unpaired) electrons. The van der Waals surface area contributed by atoms with Crippen LogP contribution in [0.4, 0.5) is 11.5 Å². The lowest BCUT2D eigenvalue weighted by molar-refractivity contribution is 0.0375. The first-order valence-corrected chi connectivity index (χ1v) is 9.82. The van der Waals surface area contributed by atoms with Crippen molar-refractivity contribution in [2.24, 2.45) is 7.05 Å². The van der Waals surface area contributed by atoms with Gasteiger partial charge in [-0.2, -0.15) is 5.10 Å². The smallest absolute Gasteiger partial charge is 0.268 e. The number of hydrogen-bond acceptors (Lipinski definition) is 8. The number of aromatic nitrogens is 4. The number of anilines is 2. The average molecular weight is 386 g/mol. The number of aryl methyl sites for hydroxylation is 2. The van der Waals surface area contributed by atoms with E-state index in [1.54, 1.807) is 37.0 Å². The number of hydrogen-bond donors (Lipinski definition) is 1. The summed E-state index contributed by atoms with van der Waals surface area (Å²) >= 11 is 1.66. The van der Waals surface area contributed by atoms with E-state index in [0.717, 1.165) is 47.8 Å². The van der Waals surface area contributed by atoms with E-state index in [2.05, 4.69) is 37.6 Å². The van der Waals surface area contributed by atoms with Crippen molar-refractivity contribution < 1.29 is 4.74 Å². The molecule has 27 heavy (non-hydrogen) atoms. The zero-order valence-corrected chi connectivity index (χ0v) is 16.2. The minimum absolute atomic E-state index is 0.0951. The Balaban J connectivity index is 1.37. The van der Waals surface area contributed by atoms with Crippen LogP contribution in [0.3, 0.4) is 0 Å². The molecule has 0 aromatic carbocycles. The Hall–Kier alpha value is -2.52. The van der Waals surface area contributed by atoms with Crippen molar-refractivity contribution in [3.63, 3.8) is 0 Å². The van der Waals surface area contributed by atoms with Crippen molar-refractivity contribution in [1.29, 1.82) is 0 Å². The van der Waals surface area contributed by atoms with Crippen molar-refractivity contribution in [3.8, 4) is 0 Å². The molecule has 4 rings (SSSR count). The standard InChI is InChI=1S/C18H22N6O2S/c1-12-10-27-17-16(12)20-11-21-18(17)19-4-3-14-9-24(5-6-26-14)13-7-15(25)23(2)22-8-13/h7-8,10-11,14H,3-6,9H2,1-2H3,(H,19,20,21)/t14-/m1/s1. The van der Waals surface area contributed by atoms with Crippen LogP contribution >= 0.6 is 11.3 Å². The lowest BCUT2D eigenvalue weighted by Gasteiger charge is -2.34. The van der Waals surface area contributed by atoms with Gasteiger partial charge in [-0.1, -0.05) is 0 Å². The van der Waals surface area contributed by atoms with Gasteiger partial charge in [-0.05, 0) is 24.3 Å². The van der Waals surface area contributed by atoms with Gasteiger partial charge in [-0.25, -0.2) is 14.6 Å². The Bertz CT molecular complexity index is 1000. The predicted molar refractivity (Wildman–Crippen MR) is 107 cm³/mol. The van der Waals surface area contributed by atoms with E-state index in [0.29, 0.717) is 6.61 Å². The van der Waals surface area contributed by atoms with Crippen molar-refractivity contribution in [2.45, 2.75) is 19.4 Å². The number of ether oxygens (including phenoxy) is 1. The van der Waals surface area contributed by atoms with Gasteiger partial charge < -0.3 is 15.0 Å². The molecule has 142 valence electrons. The molecule has 1 atom stereocenters. The molecule has 0 amide bonds. The lowest BCUT2D eigenvalue weighted by atomic mass is 10.2. The van der Waals surface area contributed by atoms with Gasteiger partial charge in [0.1, 0.15) is 12.1 Å². The lowest BCUT2D eigenvalue weighted by Crippen LogP contribution is -2.43. The molecule has 1 fully saturated rings. The minimum atomic E-state index is -0.101. The highest BCUT2D eigenvalue weighted by Crippen LogP contribution is 2.28. The third-order valence-electron chi connectivity index (χ3n) is 4.75. The fourth-order valence-electron chi connectivity index (χ4n) is 3.21. The molecule has 0 spiro atoms. The summed E-state index contributed by atoms with van der Waals surface area (Å²) in [7, 11) is 1.65. The second-order valence-electron chi connectivity index (χ2n) is 6.65. The molecule has 1 aliphatic heterocycles. The number of rotatable bonds is 5. The monoisotopic (exact) mass is 386 g/mol. The van der Waals surface area contributed by atoms with Gasteiger partial charge in [-0.3, -0.25) is 4.79 Å². The van der Waals surface area contributed by atoms with Crippen LogP contribution in [0.2, 0.25) is 0 Å². The van der Waals surface area contributed by atoms with E-state index in [1.807, 2.05) is 0 Å². The van der Waals surface area contributed by atoms with E-state index in [-0.39, 0.29) is 11.7 Å². The summed E-state index contributed by atoms with van der Waals surface area (Å²) in [6.45, 7) is 4.97. The zero-order chi connectivity index (χ0) is 18.8. The first-order valence-electron chi connectivity index (χ1n) is 8.94. The van der Waals surface area contributed by atoms with Crippen molar-refractivity contribution >= 4 is 33.1 Å². The van der Waals surface area contributed by atoms with Gasteiger partial charge >= 0.3 is 0 Å². The van der Waals surface area contributed by atoms with Crippen molar-refractivity contribution in [3.05, 3.63) is 39.9 Å². The predicted octanol–water partition coefficient (Wildman–Crippen LogP) is 1.80. The van der Waals surface area contributed by atoms with Crippen LogP contribution in [0, 0.1) is 6.92 Å². The number of nitrogens with one attached hydrogen (secondary N) is 1. The van der Waals surface area contributed by atoms with Gasteiger partial charge in [-0.15, -0.1) is 11.3 Å². The Morgan fingerprint density at radius 2 is 2.30 bits per heavy atom. The van der Waals surface area contributed by atoms with Gasteiger partial charge in [0.2, 0.25) is 0 Å². The van der Waals surface area contributed by atoms with E-state index in [9.17, 15) is 4.79 Å². The number of morpholine rings is 1. The Morgan fingerprint density at radius 1 is 1.41 bits per heavy atom. The Labute approximate surface area is 160 Å². The highest BCUT2D eigenvalue weighted by atomic mass is 32.1.